The molecule has 9 heteroatoms. The number of hydrogen-bond acceptors (Lipinski definition) is 7. The quantitative estimate of drug-likeness (QED) is 0.457. The van der Waals surface area contributed by atoms with Gasteiger partial charge < -0.3 is 20.5 Å². The van der Waals surface area contributed by atoms with E-state index in [0.717, 1.165) is 0 Å². The molecule has 1 amide bonds. The summed E-state index contributed by atoms with van der Waals surface area (Å²) in [5, 5.41) is 13.2. The molecule has 1 rings (SSSR count). The first-order valence-corrected chi connectivity index (χ1v) is 7.23. The molecule has 0 aliphatic rings. The minimum atomic E-state index is -0.839. The van der Waals surface area contributed by atoms with E-state index in [4.69, 9.17) is 15.2 Å². The number of nitro benzene ring substituents is 1. The van der Waals surface area contributed by atoms with Crippen LogP contribution in [0.2, 0.25) is 0 Å². The fraction of sp³-hybridized carbons (Fsp3) is 0.467. The van der Waals surface area contributed by atoms with Crippen molar-refractivity contribution >= 4 is 17.7 Å². The third-order valence-electron chi connectivity index (χ3n) is 2.75. The summed E-state index contributed by atoms with van der Waals surface area (Å²) in [7, 11) is 0. The molecule has 0 aliphatic heterocycles. The molecule has 9 nitrogen and oxygen atoms in total. The normalized spacial score (nSPS) is 12.2. The third-order valence-corrected chi connectivity index (χ3v) is 2.75. The Morgan fingerprint density at radius 1 is 1.29 bits per heavy atom. The van der Waals surface area contributed by atoms with Gasteiger partial charge in [-0.3, -0.25) is 14.9 Å². The van der Waals surface area contributed by atoms with Crippen LogP contribution in [0.4, 0.5) is 10.5 Å². The monoisotopic (exact) mass is 339 g/mol. The lowest BCUT2D eigenvalue weighted by Gasteiger charge is -2.22. The van der Waals surface area contributed by atoms with Crippen molar-refractivity contribution in [3.63, 3.8) is 0 Å². The Balaban J connectivity index is 2.82. The molecule has 3 N–H and O–H groups in total. The van der Waals surface area contributed by atoms with E-state index in [9.17, 15) is 19.7 Å². The zero-order valence-electron chi connectivity index (χ0n) is 13.8. The Morgan fingerprint density at radius 3 is 2.33 bits per heavy atom. The van der Waals surface area contributed by atoms with E-state index in [2.05, 4.69) is 5.32 Å². The molecule has 0 aromatic heterocycles. The first kappa shape index (κ1) is 19.4. The van der Waals surface area contributed by atoms with Crippen LogP contribution >= 0.6 is 0 Å². The van der Waals surface area contributed by atoms with Gasteiger partial charge in [0.05, 0.1) is 18.0 Å². The van der Waals surface area contributed by atoms with Crippen LogP contribution in [0.15, 0.2) is 24.3 Å². The summed E-state index contributed by atoms with van der Waals surface area (Å²) in [5.74, 6) is -0.663. The van der Waals surface area contributed by atoms with Crippen LogP contribution in [0.3, 0.4) is 0 Å². The SMILES string of the molecule is CC(C)(C)OC(=O)NCC(OC(=O)CN)c1ccc([N+](=O)[O-])cc1. The van der Waals surface area contributed by atoms with Gasteiger partial charge in [0.15, 0.2) is 0 Å². The number of nitrogens with one attached hydrogen (secondary N) is 1. The molecule has 0 heterocycles. The summed E-state index contributed by atoms with van der Waals surface area (Å²) in [6, 6.07) is 5.46. The van der Waals surface area contributed by atoms with Crippen molar-refractivity contribution in [1.29, 1.82) is 0 Å². The number of non-ortho nitro benzene ring substituents is 1. The number of nitro groups is 1. The highest BCUT2D eigenvalue weighted by atomic mass is 16.6. The average molecular weight is 339 g/mol. The zero-order valence-corrected chi connectivity index (χ0v) is 13.8. The number of amides is 1. The first-order valence-electron chi connectivity index (χ1n) is 7.23. The van der Waals surface area contributed by atoms with Crippen LogP contribution in [-0.2, 0) is 14.3 Å². The molecule has 0 bridgehead atoms. The van der Waals surface area contributed by atoms with Crippen molar-refractivity contribution in [2.24, 2.45) is 5.73 Å². The fourth-order valence-corrected chi connectivity index (χ4v) is 1.74. The average Bonchev–Trinajstić information content (AvgIpc) is 2.49. The number of hydrogen-bond donors (Lipinski definition) is 2. The van der Waals surface area contributed by atoms with Gasteiger partial charge in [0, 0.05) is 12.1 Å². The van der Waals surface area contributed by atoms with Gasteiger partial charge in [-0.05, 0) is 38.5 Å². The van der Waals surface area contributed by atoms with Crippen LogP contribution in [0.25, 0.3) is 0 Å². The van der Waals surface area contributed by atoms with E-state index in [1.807, 2.05) is 0 Å². The highest BCUT2D eigenvalue weighted by Gasteiger charge is 2.21. The second kappa shape index (κ2) is 8.25. The maximum atomic E-state index is 11.7. The van der Waals surface area contributed by atoms with Crippen LogP contribution in [0, 0.1) is 10.1 Å². The molecule has 0 spiro atoms. The van der Waals surface area contributed by atoms with Crippen molar-refractivity contribution in [3.8, 4) is 0 Å². The fourth-order valence-electron chi connectivity index (χ4n) is 1.74. The van der Waals surface area contributed by atoms with Crippen LogP contribution in [0.5, 0.6) is 0 Å². The first-order chi connectivity index (χ1) is 11.1. The molecule has 0 fully saturated rings. The van der Waals surface area contributed by atoms with Gasteiger partial charge in [-0.25, -0.2) is 4.79 Å². The number of rotatable bonds is 6. The molecule has 1 aromatic rings. The standard InChI is InChI=1S/C15H21N3O6/c1-15(2,3)24-14(20)17-9-12(23-13(19)8-16)10-4-6-11(7-5-10)18(21)22/h4-7,12H,8-9,16H2,1-3H3,(H,17,20). The summed E-state index contributed by atoms with van der Waals surface area (Å²) >= 11 is 0. The van der Waals surface area contributed by atoms with Gasteiger partial charge in [-0.1, -0.05) is 0 Å². The summed E-state index contributed by atoms with van der Waals surface area (Å²) in [5.41, 5.74) is 4.95. The number of carbonyl (C=O) groups is 2. The minimum absolute atomic E-state index is 0.0571. The highest BCUT2D eigenvalue weighted by molar-refractivity contribution is 5.72. The second-order valence-corrected chi connectivity index (χ2v) is 5.91. The van der Waals surface area contributed by atoms with Crippen LogP contribution in [-0.4, -0.2) is 35.7 Å². The lowest BCUT2D eigenvalue weighted by Crippen LogP contribution is -2.36. The lowest BCUT2D eigenvalue weighted by atomic mass is 10.1. The van der Waals surface area contributed by atoms with Crippen molar-refractivity contribution < 1.29 is 24.0 Å². The van der Waals surface area contributed by atoms with Crippen molar-refractivity contribution in [3.05, 3.63) is 39.9 Å². The summed E-state index contributed by atoms with van der Waals surface area (Å²) in [4.78, 5) is 33.3. The number of carbonyl (C=O) groups excluding carboxylic acids is 2. The lowest BCUT2D eigenvalue weighted by molar-refractivity contribution is -0.384. The molecular formula is C15H21N3O6. The molecule has 24 heavy (non-hydrogen) atoms. The van der Waals surface area contributed by atoms with Gasteiger partial charge in [0.1, 0.15) is 11.7 Å². The molecule has 1 aromatic carbocycles. The Hall–Kier alpha value is -2.68. The molecular weight excluding hydrogens is 318 g/mol. The van der Waals surface area contributed by atoms with Gasteiger partial charge in [-0.2, -0.15) is 0 Å². The van der Waals surface area contributed by atoms with E-state index in [1.165, 1.54) is 24.3 Å². The zero-order chi connectivity index (χ0) is 18.3. The van der Waals surface area contributed by atoms with E-state index >= 15 is 0 Å². The van der Waals surface area contributed by atoms with Gasteiger partial charge in [-0.15, -0.1) is 0 Å². The van der Waals surface area contributed by atoms with Gasteiger partial charge in [0.2, 0.25) is 0 Å². The molecule has 1 unspecified atom stereocenters. The third kappa shape index (κ3) is 6.61. The van der Waals surface area contributed by atoms with E-state index < -0.39 is 28.7 Å². The molecule has 0 saturated heterocycles. The summed E-state index contributed by atoms with van der Waals surface area (Å²) in [6.45, 7) is 4.77. The number of nitrogens with zero attached hydrogens (tertiary/aromatic N) is 1. The van der Waals surface area contributed by atoms with E-state index in [-0.39, 0.29) is 18.8 Å². The molecule has 0 aliphatic carbocycles. The van der Waals surface area contributed by atoms with Crippen LogP contribution < -0.4 is 11.1 Å². The highest BCUT2D eigenvalue weighted by Crippen LogP contribution is 2.20. The summed E-state index contributed by atoms with van der Waals surface area (Å²) in [6.07, 6.45) is -1.51. The second-order valence-electron chi connectivity index (χ2n) is 5.91. The smallest absolute Gasteiger partial charge is 0.407 e. The largest absolute Gasteiger partial charge is 0.455 e. The number of nitrogens with two attached hydrogens (primary N) is 1. The molecule has 0 radical (unpaired) electrons. The molecule has 0 saturated carbocycles. The number of ether oxygens (including phenoxy) is 2. The maximum Gasteiger partial charge on any atom is 0.407 e. The molecule has 1 atom stereocenters. The number of benzene rings is 1. The van der Waals surface area contributed by atoms with Crippen molar-refractivity contribution in [2.45, 2.75) is 32.5 Å². The topological polar surface area (TPSA) is 134 Å². The Labute approximate surface area is 139 Å². The molecule has 132 valence electrons. The predicted molar refractivity (Wildman–Crippen MR) is 85.2 cm³/mol. The van der Waals surface area contributed by atoms with E-state index in [1.54, 1.807) is 20.8 Å². The van der Waals surface area contributed by atoms with Crippen LogP contribution in [0.1, 0.15) is 32.4 Å². The van der Waals surface area contributed by atoms with Crippen molar-refractivity contribution in [1.82, 2.24) is 5.32 Å². The predicted octanol–water partition coefficient (Wildman–Crippen LogP) is 1.66. The number of esters is 1. The Bertz CT molecular complexity index is 594. The summed E-state index contributed by atoms with van der Waals surface area (Å²) < 4.78 is 10.3. The number of alkyl carbamates (subject to hydrolysis) is 1. The Kier molecular flexibility index (Phi) is 6.66. The van der Waals surface area contributed by atoms with Gasteiger partial charge in [0.25, 0.3) is 5.69 Å². The van der Waals surface area contributed by atoms with Gasteiger partial charge >= 0.3 is 12.1 Å². The minimum Gasteiger partial charge on any atom is -0.455 e. The van der Waals surface area contributed by atoms with E-state index in [0.29, 0.717) is 5.56 Å². The maximum absolute atomic E-state index is 11.7. The van der Waals surface area contributed by atoms with Crippen molar-refractivity contribution in [2.75, 3.05) is 13.1 Å². The Morgan fingerprint density at radius 2 is 1.88 bits per heavy atom.